The van der Waals surface area contributed by atoms with Gasteiger partial charge in [0.2, 0.25) is 5.91 Å². The number of amides is 1. The summed E-state index contributed by atoms with van der Waals surface area (Å²) in [6.07, 6.45) is 9.88. The SMILES string of the molecule is CN=C(NCC(=O)N1CCCCC1)NC1CCCCC1.I. The molecule has 1 amide bonds. The van der Waals surface area contributed by atoms with Crippen LogP contribution < -0.4 is 10.6 Å². The van der Waals surface area contributed by atoms with Gasteiger partial charge in [0.15, 0.2) is 5.96 Å². The molecule has 1 aliphatic carbocycles. The molecule has 0 radical (unpaired) electrons. The summed E-state index contributed by atoms with van der Waals surface area (Å²) in [5.41, 5.74) is 0. The summed E-state index contributed by atoms with van der Waals surface area (Å²) in [5, 5.41) is 6.59. The van der Waals surface area contributed by atoms with E-state index in [2.05, 4.69) is 15.6 Å². The van der Waals surface area contributed by atoms with E-state index >= 15 is 0 Å². The average Bonchev–Trinajstić information content (AvgIpc) is 2.53. The summed E-state index contributed by atoms with van der Waals surface area (Å²) in [4.78, 5) is 18.3. The van der Waals surface area contributed by atoms with Gasteiger partial charge in [-0.25, -0.2) is 0 Å². The van der Waals surface area contributed by atoms with Gasteiger partial charge in [-0.3, -0.25) is 9.79 Å². The highest BCUT2D eigenvalue weighted by Crippen LogP contribution is 2.17. The number of hydrogen-bond donors (Lipinski definition) is 2. The van der Waals surface area contributed by atoms with Crippen LogP contribution in [-0.2, 0) is 4.79 Å². The summed E-state index contributed by atoms with van der Waals surface area (Å²) in [7, 11) is 1.77. The zero-order valence-electron chi connectivity index (χ0n) is 13.1. The van der Waals surface area contributed by atoms with Gasteiger partial charge in [-0.1, -0.05) is 19.3 Å². The van der Waals surface area contributed by atoms with Crippen LogP contribution in [0.25, 0.3) is 0 Å². The first kappa shape index (κ1) is 18.5. The molecule has 1 saturated heterocycles. The van der Waals surface area contributed by atoms with E-state index in [9.17, 15) is 4.79 Å². The number of nitrogens with one attached hydrogen (secondary N) is 2. The Bertz CT molecular complexity index is 337. The standard InChI is InChI=1S/C15H28N4O.HI/c1-16-15(18-13-8-4-2-5-9-13)17-12-14(20)19-10-6-3-7-11-19;/h13H,2-12H2,1H3,(H2,16,17,18);1H. The molecule has 6 heteroatoms. The predicted molar refractivity (Wildman–Crippen MR) is 97.2 cm³/mol. The highest BCUT2D eigenvalue weighted by molar-refractivity contribution is 14.0. The van der Waals surface area contributed by atoms with Gasteiger partial charge in [0.1, 0.15) is 0 Å². The van der Waals surface area contributed by atoms with Crippen LogP contribution in [0.15, 0.2) is 4.99 Å². The van der Waals surface area contributed by atoms with Gasteiger partial charge in [-0.15, -0.1) is 24.0 Å². The van der Waals surface area contributed by atoms with E-state index in [1.807, 2.05) is 4.90 Å². The van der Waals surface area contributed by atoms with Crippen molar-refractivity contribution in [2.24, 2.45) is 4.99 Å². The molecular formula is C15H29IN4O. The van der Waals surface area contributed by atoms with Gasteiger partial charge in [0, 0.05) is 26.2 Å². The molecule has 2 fully saturated rings. The first-order valence-corrected chi connectivity index (χ1v) is 8.04. The molecule has 1 saturated carbocycles. The number of carbonyl (C=O) groups excluding carboxylic acids is 1. The van der Waals surface area contributed by atoms with Crippen molar-refractivity contribution in [3.05, 3.63) is 0 Å². The highest BCUT2D eigenvalue weighted by atomic mass is 127. The third-order valence-corrected chi connectivity index (χ3v) is 4.29. The van der Waals surface area contributed by atoms with Gasteiger partial charge < -0.3 is 15.5 Å². The first-order valence-electron chi connectivity index (χ1n) is 8.04. The summed E-state index contributed by atoms with van der Waals surface area (Å²) < 4.78 is 0. The highest BCUT2D eigenvalue weighted by Gasteiger charge is 2.18. The van der Waals surface area contributed by atoms with Crippen LogP contribution in [0.5, 0.6) is 0 Å². The van der Waals surface area contributed by atoms with Crippen LogP contribution >= 0.6 is 24.0 Å². The molecule has 1 heterocycles. The van der Waals surface area contributed by atoms with Crippen LogP contribution in [0.2, 0.25) is 0 Å². The number of hydrogen-bond acceptors (Lipinski definition) is 2. The second-order valence-corrected chi connectivity index (χ2v) is 5.85. The van der Waals surface area contributed by atoms with Gasteiger partial charge in [-0.05, 0) is 32.1 Å². The van der Waals surface area contributed by atoms with Crippen molar-refractivity contribution in [3.8, 4) is 0 Å². The maximum absolute atomic E-state index is 12.1. The maximum Gasteiger partial charge on any atom is 0.241 e. The van der Waals surface area contributed by atoms with Crippen molar-refractivity contribution in [1.29, 1.82) is 0 Å². The Morgan fingerprint density at radius 2 is 1.71 bits per heavy atom. The molecule has 2 rings (SSSR count). The summed E-state index contributed by atoms with van der Waals surface area (Å²) in [5.74, 6) is 0.957. The lowest BCUT2D eigenvalue weighted by Gasteiger charge is -2.28. The number of rotatable bonds is 3. The Balaban J connectivity index is 0.00000220. The molecule has 0 aromatic heterocycles. The number of aliphatic imine (C=N–C) groups is 1. The summed E-state index contributed by atoms with van der Waals surface area (Å²) >= 11 is 0. The fourth-order valence-electron chi connectivity index (χ4n) is 3.05. The zero-order valence-corrected chi connectivity index (χ0v) is 15.4. The lowest BCUT2D eigenvalue weighted by molar-refractivity contribution is -0.130. The van der Waals surface area contributed by atoms with Crippen LogP contribution in [0.3, 0.4) is 0 Å². The van der Waals surface area contributed by atoms with E-state index < -0.39 is 0 Å². The van der Waals surface area contributed by atoms with Crippen LogP contribution in [-0.4, -0.2) is 49.5 Å². The zero-order chi connectivity index (χ0) is 14.2. The Morgan fingerprint density at radius 3 is 2.33 bits per heavy atom. The van der Waals surface area contributed by atoms with Gasteiger partial charge in [0.05, 0.1) is 6.54 Å². The normalized spacial score (nSPS) is 20.6. The van der Waals surface area contributed by atoms with Crippen molar-refractivity contribution in [3.63, 3.8) is 0 Å². The topological polar surface area (TPSA) is 56.7 Å². The number of piperidine rings is 1. The van der Waals surface area contributed by atoms with Crippen LogP contribution in [0, 0.1) is 0 Å². The Hall–Kier alpha value is -0.530. The lowest BCUT2D eigenvalue weighted by atomic mass is 9.96. The summed E-state index contributed by atoms with van der Waals surface area (Å²) in [6.45, 7) is 2.18. The average molecular weight is 408 g/mol. The molecule has 0 aromatic carbocycles. The summed E-state index contributed by atoms with van der Waals surface area (Å²) in [6, 6.07) is 0.514. The molecule has 0 aromatic rings. The van der Waals surface area contributed by atoms with E-state index in [1.165, 1.54) is 38.5 Å². The number of carbonyl (C=O) groups is 1. The molecule has 21 heavy (non-hydrogen) atoms. The molecule has 0 unspecified atom stereocenters. The largest absolute Gasteiger partial charge is 0.354 e. The molecule has 1 aliphatic heterocycles. The Labute approximate surface area is 145 Å². The van der Waals surface area contributed by atoms with Crippen LogP contribution in [0.1, 0.15) is 51.4 Å². The minimum Gasteiger partial charge on any atom is -0.354 e. The van der Waals surface area contributed by atoms with Crippen LogP contribution in [0.4, 0.5) is 0 Å². The smallest absolute Gasteiger partial charge is 0.241 e. The number of guanidine groups is 1. The third kappa shape index (κ3) is 6.40. The van der Waals surface area contributed by atoms with Crippen molar-refractivity contribution < 1.29 is 4.79 Å². The predicted octanol–water partition coefficient (Wildman–Crippen LogP) is 2.11. The lowest BCUT2D eigenvalue weighted by Crippen LogP contribution is -2.48. The fourth-order valence-corrected chi connectivity index (χ4v) is 3.05. The van der Waals surface area contributed by atoms with Gasteiger partial charge in [0.25, 0.3) is 0 Å². The van der Waals surface area contributed by atoms with E-state index in [0.29, 0.717) is 12.6 Å². The number of halogens is 1. The second kappa shape index (κ2) is 10.2. The number of likely N-dealkylation sites (tertiary alicyclic amines) is 1. The molecule has 0 spiro atoms. The van der Waals surface area contributed by atoms with Gasteiger partial charge >= 0.3 is 0 Å². The second-order valence-electron chi connectivity index (χ2n) is 5.85. The quantitative estimate of drug-likeness (QED) is 0.427. The van der Waals surface area contributed by atoms with E-state index in [4.69, 9.17) is 0 Å². The molecular weight excluding hydrogens is 379 g/mol. The van der Waals surface area contributed by atoms with E-state index in [0.717, 1.165) is 31.9 Å². The van der Waals surface area contributed by atoms with Crippen molar-refractivity contribution >= 4 is 35.8 Å². The molecule has 0 bridgehead atoms. The Morgan fingerprint density at radius 1 is 1.10 bits per heavy atom. The van der Waals surface area contributed by atoms with E-state index in [-0.39, 0.29) is 29.9 Å². The third-order valence-electron chi connectivity index (χ3n) is 4.29. The molecule has 0 atom stereocenters. The fraction of sp³-hybridized carbons (Fsp3) is 0.867. The Kier molecular flexibility index (Phi) is 9.03. The van der Waals surface area contributed by atoms with Gasteiger partial charge in [-0.2, -0.15) is 0 Å². The van der Waals surface area contributed by atoms with Crippen molar-refractivity contribution in [2.45, 2.75) is 57.4 Å². The monoisotopic (exact) mass is 408 g/mol. The van der Waals surface area contributed by atoms with E-state index in [1.54, 1.807) is 7.05 Å². The molecule has 2 N–H and O–H groups in total. The minimum absolute atomic E-state index is 0. The van der Waals surface area contributed by atoms with Crippen molar-refractivity contribution in [1.82, 2.24) is 15.5 Å². The minimum atomic E-state index is 0. The molecule has 2 aliphatic rings. The van der Waals surface area contributed by atoms with Crippen molar-refractivity contribution in [2.75, 3.05) is 26.7 Å². The molecule has 5 nitrogen and oxygen atoms in total. The number of nitrogens with zero attached hydrogens (tertiary/aromatic N) is 2. The maximum atomic E-state index is 12.1. The molecule has 122 valence electrons. The first-order chi connectivity index (χ1) is 9.79.